The van der Waals surface area contributed by atoms with Gasteiger partial charge in [-0.25, -0.2) is 0 Å². The molecule has 1 amide bonds. The molecular weight excluding hydrogens is 302 g/mol. The number of aliphatic hydroxyl groups excluding tert-OH is 1. The Morgan fingerprint density at radius 1 is 1.18 bits per heavy atom. The van der Waals surface area contributed by atoms with Gasteiger partial charge >= 0.3 is 0 Å². The molecule has 0 aliphatic rings. The van der Waals surface area contributed by atoms with Gasteiger partial charge in [-0.2, -0.15) is 0 Å². The highest BCUT2D eigenvalue weighted by atomic mass is 35.5. The fourth-order valence-electron chi connectivity index (χ4n) is 2.19. The molecule has 0 aliphatic carbocycles. The molecule has 5 heteroatoms. The summed E-state index contributed by atoms with van der Waals surface area (Å²) in [6.45, 7) is -0.135. The van der Waals surface area contributed by atoms with Crippen LogP contribution in [0.5, 0.6) is 5.75 Å². The van der Waals surface area contributed by atoms with Crippen LogP contribution >= 0.6 is 11.6 Å². The van der Waals surface area contributed by atoms with Gasteiger partial charge < -0.3 is 15.5 Å². The van der Waals surface area contributed by atoms with E-state index in [1.165, 1.54) is 12.1 Å². The lowest BCUT2D eigenvalue weighted by Gasteiger charge is -2.16. The normalized spacial score (nSPS) is 11.9. The molecule has 0 fully saturated rings. The molecule has 0 saturated heterocycles. The summed E-state index contributed by atoms with van der Waals surface area (Å²) in [4.78, 5) is 12.1. The largest absolute Gasteiger partial charge is 0.508 e. The fourth-order valence-corrected chi connectivity index (χ4v) is 2.43. The molecule has 0 heterocycles. The molecular formula is C17H18ClNO3. The zero-order valence-electron chi connectivity index (χ0n) is 12.0. The number of carbonyl (C=O) groups excluding carboxylic acids is 1. The van der Waals surface area contributed by atoms with Gasteiger partial charge in [-0.15, -0.1) is 0 Å². The van der Waals surface area contributed by atoms with Crippen molar-refractivity contribution in [3.63, 3.8) is 0 Å². The number of aromatic hydroxyl groups is 1. The number of halogens is 1. The number of hydrogen-bond acceptors (Lipinski definition) is 3. The van der Waals surface area contributed by atoms with E-state index in [4.69, 9.17) is 11.6 Å². The second-order valence-electron chi connectivity index (χ2n) is 5.09. The van der Waals surface area contributed by atoms with Crippen molar-refractivity contribution < 1.29 is 15.0 Å². The lowest BCUT2D eigenvalue weighted by Crippen LogP contribution is -2.39. The van der Waals surface area contributed by atoms with Crippen LogP contribution in [0.1, 0.15) is 11.1 Å². The van der Waals surface area contributed by atoms with Gasteiger partial charge in [0.2, 0.25) is 5.91 Å². The zero-order chi connectivity index (χ0) is 15.9. The number of carbonyl (C=O) groups is 1. The molecule has 2 aromatic rings. The van der Waals surface area contributed by atoms with E-state index in [0.717, 1.165) is 5.56 Å². The minimum Gasteiger partial charge on any atom is -0.508 e. The highest BCUT2D eigenvalue weighted by Gasteiger charge is 2.14. The monoisotopic (exact) mass is 319 g/mol. The van der Waals surface area contributed by atoms with Gasteiger partial charge in [0.05, 0.1) is 19.1 Å². The number of hydrogen-bond donors (Lipinski definition) is 3. The summed E-state index contributed by atoms with van der Waals surface area (Å²) in [6.07, 6.45) is 0.663. The Labute approximate surface area is 134 Å². The Morgan fingerprint density at radius 2 is 1.91 bits per heavy atom. The van der Waals surface area contributed by atoms with Gasteiger partial charge in [-0.1, -0.05) is 48.0 Å². The van der Waals surface area contributed by atoms with E-state index in [-0.39, 0.29) is 30.7 Å². The van der Waals surface area contributed by atoms with Crippen LogP contribution in [0.3, 0.4) is 0 Å². The summed E-state index contributed by atoms with van der Waals surface area (Å²) in [5.41, 5.74) is 1.68. The number of phenolic OH excluding ortho intramolecular Hbond substituents is 1. The predicted octanol–water partition coefficient (Wildman–Crippen LogP) is 2.31. The van der Waals surface area contributed by atoms with E-state index < -0.39 is 0 Å². The number of amides is 1. The van der Waals surface area contributed by atoms with Crippen LogP contribution in [0, 0.1) is 0 Å². The highest BCUT2D eigenvalue weighted by molar-refractivity contribution is 6.31. The molecule has 22 heavy (non-hydrogen) atoms. The lowest BCUT2D eigenvalue weighted by molar-refractivity contribution is -0.121. The molecule has 3 N–H and O–H groups in total. The minimum absolute atomic E-state index is 0.0615. The smallest absolute Gasteiger partial charge is 0.224 e. The molecule has 2 rings (SSSR count). The van der Waals surface area contributed by atoms with Crippen LogP contribution in [-0.4, -0.2) is 28.8 Å². The quantitative estimate of drug-likeness (QED) is 0.765. The fraction of sp³-hybridized carbons (Fsp3) is 0.235. The van der Waals surface area contributed by atoms with Crippen molar-refractivity contribution in [2.45, 2.75) is 18.9 Å². The van der Waals surface area contributed by atoms with Gasteiger partial charge in [0.1, 0.15) is 5.75 Å². The topological polar surface area (TPSA) is 69.6 Å². The van der Waals surface area contributed by atoms with Gasteiger partial charge in [0, 0.05) is 5.02 Å². The van der Waals surface area contributed by atoms with Crippen molar-refractivity contribution in [1.29, 1.82) is 0 Å². The SMILES string of the molecule is O=C(Cc1ccc(O)cc1Cl)N[C@H](CO)Cc1ccccc1. The van der Waals surface area contributed by atoms with E-state index in [1.807, 2.05) is 30.3 Å². The summed E-state index contributed by atoms with van der Waals surface area (Å²) in [5.74, 6) is -0.158. The first kappa shape index (κ1) is 16.3. The number of phenols is 1. The molecule has 4 nitrogen and oxygen atoms in total. The summed E-state index contributed by atoms with van der Waals surface area (Å²) in [7, 11) is 0. The van der Waals surface area contributed by atoms with Crippen LogP contribution in [0.25, 0.3) is 0 Å². The van der Waals surface area contributed by atoms with Gasteiger partial charge in [0.15, 0.2) is 0 Å². The summed E-state index contributed by atoms with van der Waals surface area (Å²) in [5, 5.41) is 21.9. The molecule has 1 atom stereocenters. The average Bonchev–Trinajstić information content (AvgIpc) is 2.50. The summed E-state index contributed by atoms with van der Waals surface area (Å²) < 4.78 is 0. The van der Waals surface area contributed by atoms with Crippen molar-refractivity contribution >= 4 is 17.5 Å². The van der Waals surface area contributed by atoms with Crippen molar-refractivity contribution in [2.75, 3.05) is 6.61 Å². The average molecular weight is 320 g/mol. The molecule has 0 spiro atoms. The molecule has 0 unspecified atom stereocenters. The van der Waals surface area contributed by atoms with E-state index in [9.17, 15) is 15.0 Å². The number of aliphatic hydroxyl groups is 1. The van der Waals surface area contributed by atoms with Crippen molar-refractivity contribution in [1.82, 2.24) is 5.32 Å². The molecule has 2 aromatic carbocycles. The molecule has 0 radical (unpaired) electrons. The van der Waals surface area contributed by atoms with Crippen LogP contribution < -0.4 is 5.32 Å². The van der Waals surface area contributed by atoms with Crippen molar-refractivity contribution in [3.8, 4) is 5.75 Å². The third-order valence-electron chi connectivity index (χ3n) is 3.30. The number of benzene rings is 2. The van der Waals surface area contributed by atoms with Crippen molar-refractivity contribution in [3.05, 3.63) is 64.7 Å². The van der Waals surface area contributed by atoms with E-state index in [1.54, 1.807) is 6.07 Å². The zero-order valence-corrected chi connectivity index (χ0v) is 12.8. The third kappa shape index (κ3) is 4.76. The molecule has 0 aromatic heterocycles. The summed E-state index contributed by atoms with van der Waals surface area (Å²) in [6, 6.07) is 13.8. The second-order valence-corrected chi connectivity index (χ2v) is 5.50. The van der Waals surface area contributed by atoms with Crippen LogP contribution in [0.4, 0.5) is 0 Å². The first-order chi connectivity index (χ1) is 10.6. The Kier molecular flexibility index (Phi) is 5.81. The van der Waals surface area contributed by atoms with E-state index in [0.29, 0.717) is 17.0 Å². The van der Waals surface area contributed by atoms with Crippen LogP contribution in [-0.2, 0) is 17.6 Å². The Bertz CT molecular complexity index is 631. The third-order valence-corrected chi connectivity index (χ3v) is 3.65. The van der Waals surface area contributed by atoms with Gasteiger partial charge in [-0.3, -0.25) is 4.79 Å². The maximum Gasteiger partial charge on any atom is 0.224 e. The Balaban J connectivity index is 1.94. The van der Waals surface area contributed by atoms with E-state index in [2.05, 4.69) is 5.32 Å². The Hall–Kier alpha value is -2.04. The van der Waals surface area contributed by atoms with Crippen molar-refractivity contribution in [2.24, 2.45) is 0 Å². The standard InChI is InChI=1S/C17H18ClNO3/c18-16-10-15(21)7-6-13(16)9-17(22)19-14(11-20)8-12-4-2-1-3-5-12/h1-7,10,14,20-21H,8-9,11H2,(H,19,22)/t14-/m0/s1. The Morgan fingerprint density at radius 3 is 2.55 bits per heavy atom. The maximum atomic E-state index is 12.1. The number of nitrogens with one attached hydrogen (secondary N) is 1. The predicted molar refractivity (Wildman–Crippen MR) is 86.0 cm³/mol. The second kappa shape index (κ2) is 7.82. The van der Waals surface area contributed by atoms with E-state index >= 15 is 0 Å². The minimum atomic E-state index is -0.342. The number of rotatable bonds is 6. The van der Waals surface area contributed by atoms with Gasteiger partial charge in [-0.05, 0) is 29.7 Å². The molecule has 116 valence electrons. The summed E-state index contributed by atoms with van der Waals surface area (Å²) >= 11 is 5.98. The lowest BCUT2D eigenvalue weighted by atomic mass is 10.1. The van der Waals surface area contributed by atoms with Gasteiger partial charge in [0.25, 0.3) is 0 Å². The van der Waals surface area contributed by atoms with Crippen LogP contribution in [0.2, 0.25) is 5.02 Å². The molecule has 0 bridgehead atoms. The van der Waals surface area contributed by atoms with Crippen LogP contribution in [0.15, 0.2) is 48.5 Å². The first-order valence-corrected chi connectivity index (χ1v) is 7.38. The first-order valence-electron chi connectivity index (χ1n) is 7.00. The highest BCUT2D eigenvalue weighted by Crippen LogP contribution is 2.21. The molecule has 0 saturated carbocycles. The molecule has 0 aliphatic heterocycles. The maximum absolute atomic E-state index is 12.1.